The quantitative estimate of drug-likeness (QED) is 0.0575. The van der Waals surface area contributed by atoms with Crippen LogP contribution in [0.25, 0.3) is 33.9 Å². The SMILES string of the molecule is COc1cccc(-c2nc(-c3ccc(C(F)(F)F)cc3C(F)(F)F)n(Cc3ccc(C(=O)CCCOCCOCCN)cc3)c2-c2cccc(OC)c2)c1. The van der Waals surface area contributed by atoms with Gasteiger partial charge < -0.3 is 29.2 Å². The van der Waals surface area contributed by atoms with Gasteiger partial charge in [0.1, 0.15) is 17.3 Å². The van der Waals surface area contributed by atoms with E-state index in [-0.39, 0.29) is 36.3 Å². The van der Waals surface area contributed by atoms with Gasteiger partial charge in [-0.1, -0.05) is 54.6 Å². The summed E-state index contributed by atoms with van der Waals surface area (Å²) in [6.45, 7) is 1.95. The van der Waals surface area contributed by atoms with Crippen LogP contribution in [-0.4, -0.2) is 62.5 Å². The molecule has 0 aliphatic carbocycles. The standard InChI is InChI=1S/C40H39F6N3O5/c1-51-31-8-3-6-28(22-31)36-37(29-7-4-9-32(23-29)52-2)49(38(48-36)33-16-15-30(39(41,42)43)24-34(33)40(44,45)46)25-26-11-13-27(14-12-26)35(50)10-5-18-53-20-21-54-19-17-47/h3-4,6-9,11-16,22-24H,5,10,17-21,25,47H2,1-2H3. The molecule has 0 saturated heterocycles. The highest BCUT2D eigenvalue weighted by molar-refractivity contribution is 5.96. The Labute approximate surface area is 308 Å². The summed E-state index contributed by atoms with van der Waals surface area (Å²) < 4.78 is 108. The third-order valence-electron chi connectivity index (χ3n) is 8.49. The molecule has 1 heterocycles. The molecular weight excluding hydrogens is 716 g/mol. The molecule has 54 heavy (non-hydrogen) atoms. The fourth-order valence-corrected chi connectivity index (χ4v) is 5.86. The number of hydrogen-bond acceptors (Lipinski definition) is 7. The average molecular weight is 756 g/mol. The van der Waals surface area contributed by atoms with Gasteiger partial charge in [0.25, 0.3) is 0 Å². The number of alkyl halides is 6. The highest BCUT2D eigenvalue weighted by Crippen LogP contribution is 2.44. The number of methoxy groups -OCH3 is 2. The zero-order valence-corrected chi connectivity index (χ0v) is 29.6. The van der Waals surface area contributed by atoms with E-state index in [1.165, 1.54) is 18.8 Å². The number of imidazole rings is 1. The predicted molar refractivity (Wildman–Crippen MR) is 191 cm³/mol. The second kappa shape index (κ2) is 17.8. The van der Waals surface area contributed by atoms with E-state index in [0.717, 1.165) is 6.07 Å². The molecule has 5 aromatic rings. The largest absolute Gasteiger partial charge is 0.497 e. The molecule has 8 nitrogen and oxygen atoms in total. The van der Waals surface area contributed by atoms with Crippen molar-refractivity contribution in [2.45, 2.75) is 31.7 Å². The van der Waals surface area contributed by atoms with Crippen molar-refractivity contribution in [2.75, 3.05) is 47.2 Å². The van der Waals surface area contributed by atoms with E-state index < -0.39 is 29.0 Å². The Balaban J connectivity index is 1.60. The van der Waals surface area contributed by atoms with Crippen LogP contribution >= 0.6 is 0 Å². The minimum Gasteiger partial charge on any atom is -0.497 e. The van der Waals surface area contributed by atoms with Crippen LogP contribution in [0.3, 0.4) is 0 Å². The van der Waals surface area contributed by atoms with E-state index in [0.29, 0.717) is 84.9 Å². The Bertz CT molecular complexity index is 2030. The minimum atomic E-state index is -5.16. The van der Waals surface area contributed by atoms with Crippen LogP contribution in [0.4, 0.5) is 26.3 Å². The van der Waals surface area contributed by atoms with Crippen LogP contribution in [0, 0.1) is 0 Å². The molecule has 14 heteroatoms. The fraction of sp³-hybridized carbons (Fsp3) is 0.300. The summed E-state index contributed by atoms with van der Waals surface area (Å²) in [5.41, 5.74) is 4.56. The van der Waals surface area contributed by atoms with Crippen molar-refractivity contribution in [3.8, 4) is 45.4 Å². The van der Waals surface area contributed by atoms with Gasteiger partial charge in [-0.05, 0) is 48.4 Å². The van der Waals surface area contributed by atoms with E-state index in [1.807, 2.05) is 0 Å². The van der Waals surface area contributed by atoms with Gasteiger partial charge in [0.2, 0.25) is 0 Å². The molecule has 0 atom stereocenters. The number of hydrogen-bond donors (Lipinski definition) is 1. The number of aromatic nitrogens is 2. The van der Waals surface area contributed by atoms with Gasteiger partial charge in [-0.2, -0.15) is 26.3 Å². The van der Waals surface area contributed by atoms with Gasteiger partial charge in [-0.3, -0.25) is 4.79 Å². The molecule has 0 saturated carbocycles. The number of nitrogens with zero attached hydrogens (tertiary/aromatic N) is 2. The van der Waals surface area contributed by atoms with E-state index in [9.17, 15) is 31.1 Å². The smallest absolute Gasteiger partial charge is 0.417 e. The second-order valence-electron chi connectivity index (χ2n) is 12.2. The lowest BCUT2D eigenvalue weighted by atomic mass is 10.0. The number of rotatable bonds is 17. The van der Waals surface area contributed by atoms with E-state index in [1.54, 1.807) is 72.8 Å². The van der Waals surface area contributed by atoms with Gasteiger partial charge in [0.15, 0.2) is 5.78 Å². The first-order valence-corrected chi connectivity index (χ1v) is 17.0. The number of carbonyl (C=O) groups is 1. The molecule has 0 bridgehead atoms. The zero-order chi connectivity index (χ0) is 38.9. The fourth-order valence-electron chi connectivity index (χ4n) is 5.86. The van der Waals surface area contributed by atoms with E-state index >= 15 is 0 Å². The number of carbonyl (C=O) groups excluding carboxylic acids is 1. The summed E-state index contributed by atoms with van der Waals surface area (Å²) >= 11 is 0. The maximum Gasteiger partial charge on any atom is 0.417 e. The molecule has 4 aromatic carbocycles. The Morgan fingerprint density at radius 3 is 1.98 bits per heavy atom. The van der Waals surface area contributed by atoms with Crippen LogP contribution in [-0.2, 0) is 28.4 Å². The Kier molecular flexibility index (Phi) is 13.2. The van der Waals surface area contributed by atoms with Crippen molar-refractivity contribution < 1.29 is 50.1 Å². The molecule has 0 unspecified atom stereocenters. The van der Waals surface area contributed by atoms with Crippen molar-refractivity contribution in [3.63, 3.8) is 0 Å². The lowest BCUT2D eigenvalue weighted by Crippen LogP contribution is -2.14. The molecule has 2 N–H and O–H groups in total. The molecule has 0 aliphatic heterocycles. The molecular formula is C40H39F6N3O5. The molecule has 0 radical (unpaired) electrons. The van der Waals surface area contributed by atoms with Gasteiger partial charge in [0.05, 0.1) is 56.6 Å². The van der Waals surface area contributed by atoms with Gasteiger partial charge in [0, 0.05) is 48.4 Å². The molecule has 1 aromatic heterocycles. The molecule has 0 spiro atoms. The number of Topliss-reactive ketones (excluding diaryl/α,β-unsaturated/α-hetero) is 1. The number of benzene rings is 4. The highest BCUT2D eigenvalue weighted by atomic mass is 19.4. The van der Waals surface area contributed by atoms with Crippen LogP contribution < -0.4 is 15.2 Å². The zero-order valence-electron chi connectivity index (χ0n) is 29.6. The first-order chi connectivity index (χ1) is 25.8. The summed E-state index contributed by atoms with van der Waals surface area (Å²) in [5.74, 6) is 0.566. The van der Waals surface area contributed by atoms with Crippen molar-refractivity contribution in [2.24, 2.45) is 5.73 Å². The number of halogens is 6. The lowest BCUT2D eigenvalue weighted by molar-refractivity contribution is -0.142. The average Bonchev–Trinajstić information content (AvgIpc) is 3.53. The lowest BCUT2D eigenvalue weighted by Gasteiger charge is -2.18. The number of ketones is 1. The van der Waals surface area contributed by atoms with Crippen molar-refractivity contribution >= 4 is 5.78 Å². The summed E-state index contributed by atoms with van der Waals surface area (Å²) in [7, 11) is 2.94. The normalized spacial score (nSPS) is 11.9. The molecule has 0 aliphatic rings. The van der Waals surface area contributed by atoms with Gasteiger partial charge >= 0.3 is 12.4 Å². The van der Waals surface area contributed by atoms with Crippen molar-refractivity contribution in [1.29, 1.82) is 0 Å². The third-order valence-corrected chi connectivity index (χ3v) is 8.49. The van der Waals surface area contributed by atoms with Crippen LogP contribution in [0.2, 0.25) is 0 Å². The van der Waals surface area contributed by atoms with Gasteiger partial charge in [-0.15, -0.1) is 0 Å². The maximum atomic E-state index is 14.6. The Morgan fingerprint density at radius 2 is 1.37 bits per heavy atom. The first kappa shape index (κ1) is 40.0. The molecule has 286 valence electrons. The minimum absolute atomic E-state index is 0.0638. The van der Waals surface area contributed by atoms with Crippen molar-refractivity contribution in [3.05, 3.63) is 113 Å². The number of ether oxygens (including phenoxy) is 4. The Morgan fingerprint density at radius 1 is 0.741 bits per heavy atom. The summed E-state index contributed by atoms with van der Waals surface area (Å²) in [4.78, 5) is 17.7. The van der Waals surface area contributed by atoms with E-state index in [4.69, 9.17) is 29.7 Å². The van der Waals surface area contributed by atoms with E-state index in [2.05, 4.69) is 0 Å². The Hall–Kier alpha value is -5.18. The van der Waals surface area contributed by atoms with Gasteiger partial charge in [-0.25, -0.2) is 4.98 Å². The third kappa shape index (κ3) is 9.87. The van der Waals surface area contributed by atoms with Crippen LogP contribution in [0.1, 0.15) is 39.9 Å². The molecule has 0 fully saturated rings. The monoisotopic (exact) mass is 755 g/mol. The number of nitrogens with two attached hydrogens (primary N) is 1. The molecule has 5 rings (SSSR count). The highest BCUT2D eigenvalue weighted by Gasteiger charge is 2.40. The van der Waals surface area contributed by atoms with Crippen LogP contribution in [0.5, 0.6) is 11.5 Å². The molecule has 0 amide bonds. The van der Waals surface area contributed by atoms with Crippen LogP contribution in [0.15, 0.2) is 91.0 Å². The summed E-state index contributed by atoms with van der Waals surface area (Å²) in [6.07, 6.45) is -9.46. The summed E-state index contributed by atoms with van der Waals surface area (Å²) in [6, 6.07) is 21.7. The first-order valence-electron chi connectivity index (χ1n) is 17.0. The predicted octanol–water partition coefficient (Wildman–Crippen LogP) is 8.94. The topological polar surface area (TPSA) is 97.8 Å². The van der Waals surface area contributed by atoms with Crippen molar-refractivity contribution in [1.82, 2.24) is 9.55 Å². The maximum absolute atomic E-state index is 14.6. The second-order valence-corrected chi connectivity index (χ2v) is 12.2. The summed E-state index contributed by atoms with van der Waals surface area (Å²) in [5, 5.41) is 0.